The van der Waals surface area contributed by atoms with E-state index in [-0.39, 0.29) is 11.3 Å². The van der Waals surface area contributed by atoms with E-state index in [0.29, 0.717) is 0 Å². The van der Waals surface area contributed by atoms with Crippen molar-refractivity contribution in [3.63, 3.8) is 0 Å². The summed E-state index contributed by atoms with van der Waals surface area (Å²) in [4.78, 5) is 23.6. The molecule has 0 atom stereocenters. The van der Waals surface area contributed by atoms with Crippen molar-refractivity contribution in [1.82, 2.24) is 4.98 Å². The Bertz CT molecular complexity index is 516. The Balaban J connectivity index is 3.18. The first-order chi connectivity index (χ1) is 7.54. The molecule has 0 aliphatic rings. The summed E-state index contributed by atoms with van der Waals surface area (Å²) < 4.78 is 0. The zero-order valence-corrected chi connectivity index (χ0v) is 7.82. The third kappa shape index (κ3) is 2.62. The number of nitro groups is 1. The number of nitriles is 1. The molecule has 1 N–H and O–H groups in total. The summed E-state index contributed by atoms with van der Waals surface area (Å²) in [5.74, 6) is -1.17. The molecule has 1 heterocycles. The summed E-state index contributed by atoms with van der Waals surface area (Å²) in [6.45, 7) is 0. The zero-order valence-electron chi connectivity index (χ0n) is 7.82. The van der Waals surface area contributed by atoms with Crippen LogP contribution in [0.3, 0.4) is 0 Å². The number of nitrogens with zero attached hydrogens (tertiary/aromatic N) is 3. The van der Waals surface area contributed by atoms with Gasteiger partial charge in [-0.3, -0.25) is 10.1 Å². The van der Waals surface area contributed by atoms with Crippen molar-refractivity contribution < 1.29 is 14.8 Å². The van der Waals surface area contributed by atoms with Crippen LogP contribution in [0.25, 0.3) is 6.08 Å². The number of aliphatic carboxylic acids is 1. The van der Waals surface area contributed by atoms with Crippen LogP contribution in [0.2, 0.25) is 0 Å². The highest BCUT2D eigenvalue weighted by Gasteiger charge is 2.14. The molecule has 16 heavy (non-hydrogen) atoms. The Morgan fingerprint density at radius 1 is 1.69 bits per heavy atom. The van der Waals surface area contributed by atoms with Crippen molar-refractivity contribution in [2.75, 3.05) is 0 Å². The molecule has 1 rings (SSSR count). The van der Waals surface area contributed by atoms with Gasteiger partial charge in [-0.25, -0.2) is 9.78 Å². The molecule has 0 radical (unpaired) electrons. The lowest BCUT2D eigenvalue weighted by Gasteiger charge is -1.95. The summed E-state index contributed by atoms with van der Waals surface area (Å²) in [6.07, 6.45) is 3.17. The van der Waals surface area contributed by atoms with E-state index in [1.54, 1.807) is 6.07 Å². The normalized spacial score (nSPS) is 9.94. The first-order valence-corrected chi connectivity index (χ1v) is 4.00. The van der Waals surface area contributed by atoms with E-state index in [1.807, 2.05) is 0 Å². The van der Waals surface area contributed by atoms with Gasteiger partial charge in [0.05, 0.1) is 4.92 Å². The van der Waals surface area contributed by atoms with E-state index >= 15 is 0 Å². The molecule has 0 unspecified atom stereocenters. The molecule has 7 nitrogen and oxygen atoms in total. The van der Waals surface area contributed by atoms with E-state index in [0.717, 1.165) is 18.2 Å². The number of aromatic nitrogens is 1. The second kappa shape index (κ2) is 4.65. The van der Waals surface area contributed by atoms with Crippen LogP contribution in [0.4, 0.5) is 5.69 Å². The van der Waals surface area contributed by atoms with Crippen LogP contribution in [0, 0.1) is 21.4 Å². The number of carbonyl (C=O) groups is 1. The van der Waals surface area contributed by atoms with Gasteiger partial charge < -0.3 is 5.11 Å². The minimum atomic E-state index is -1.17. The molecular weight excluding hydrogens is 214 g/mol. The van der Waals surface area contributed by atoms with Gasteiger partial charge in [0, 0.05) is 18.3 Å². The van der Waals surface area contributed by atoms with Crippen LogP contribution in [0.1, 0.15) is 11.3 Å². The standard InChI is InChI=1S/C9H5N3O4/c10-4-7-8(12(15)16)3-6(5-11-7)1-2-9(13)14/h1-3,5H,(H,13,14). The maximum atomic E-state index is 10.5. The third-order valence-electron chi connectivity index (χ3n) is 1.61. The van der Waals surface area contributed by atoms with E-state index in [9.17, 15) is 14.9 Å². The predicted molar refractivity (Wildman–Crippen MR) is 52.3 cm³/mol. The minimum Gasteiger partial charge on any atom is -0.478 e. The lowest BCUT2D eigenvalue weighted by Crippen LogP contribution is -1.96. The predicted octanol–water partition coefficient (Wildman–Crippen LogP) is 0.959. The topological polar surface area (TPSA) is 117 Å². The molecular formula is C9H5N3O4. The fourth-order valence-corrected chi connectivity index (χ4v) is 0.953. The summed E-state index contributed by atoms with van der Waals surface area (Å²) in [6, 6.07) is 2.66. The molecule has 0 aliphatic heterocycles. The highest BCUT2D eigenvalue weighted by atomic mass is 16.6. The van der Waals surface area contributed by atoms with Gasteiger partial charge in [-0.1, -0.05) is 0 Å². The van der Waals surface area contributed by atoms with Crippen LogP contribution < -0.4 is 0 Å². The molecule has 0 bridgehead atoms. The van der Waals surface area contributed by atoms with Crippen molar-refractivity contribution in [2.24, 2.45) is 0 Å². The molecule has 0 spiro atoms. The van der Waals surface area contributed by atoms with Gasteiger partial charge in [-0.05, 0) is 11.6 Å². The van der Waals surface area contributed by atoms with Crippen molar-refractivity contribution in [3.8, 4) is 6.07 Å². The summed E-state index contributed by atoms with van der Waals surface area (Å²) in [5.41, 5.74) is -0.513. The molecule has 0 saturated carbocycles. The Kier molecular flexibility index (Phi) is 3.29. The van der Waals surface area contributed by atoms with Gasteiger partial charge in [-0.15, -0.1) is 0 Å². The molecule has 80 valence electrons. The fourth-order valence-electron chi connectivity index (χ4n) is 0.953. The van der Waals surface area contributed by atoms with Gasteiger partial charge in [0.25, 0.3) is 0 Å². The van der Waals surface area contributed by atoms with E-state index in [1.165, 1.54) is 6.20 Å². The molecule has 0 amide bonds. The lowest BCUT2D eigenvalue weighted by atomic mass is 10.2. The van der Waals surface area contributed by atoms with E-state index in [4.69, 9.17) is 10.4 Å². The Morgan fingerprint density at radius 3 is 2.88 bits per heavy atom. The molecule has 1 aromatic heterocycles. The third-order valence-corrected chi connectivity index (χ3v) is 1.61. The van der Waals surface area contributed by atoms with Gasteiger partial charge in [0.2, 0.25) is 5.69 Å². The molecule has 0 aromatic carbocycles. The quantitative estimate of drug-likeness (QED) is 0.459. The van der Waals surface area contributed by atoms with Gasteiger partial charge in [0.15, 0.2) is 0 Å². The number of carboxylic acids is 1. The highest BCUT2D eigenvalue weighted by molar-refractivity contribution is 5.85. The first-order valence-electron chi connectivity index (χ1n) is 4.00. The number of hydrogen-bond acceptors (Lipinski definition) is 5. The number of rotatable bonds is 3. The van der Waals surface area contributed by atoms with Crippen LogP contribution in [0.15, 0.2) is 18.3 Å². The van der Waals surface area contributed by atoms with E-state index < -0.39 is 16.6 Å². The molecule has 0 fully saturated rings. The van der Waals surface area contributed by atoms with Crippen molar-refractivity contribution in [3.05, 3.63) is 39.7 Å². The second-order valence-electron chi connectivity index (χ2n) is 2.68. The first kappa shape index (κ1) is 11.3. The van der Waals surface area contributed by atoms with Gasteiger partial charge in [-0.2, -0.15) is 5.26 Å². The molecule has 0 saturated heterocycles. The van der Waals surface area contributed by atoms with Crippen molar-refractivity contribution in [1.29, 1.82) is 5.26 Å². The number of hydrogen-bond donors (Lipinski definition) is 1. The molecule has 1 aromatic rings. The smallest absolute Gasteiger partial charge is 0.328 e. The average Bonchev–Trinajstić information content (AvgIpc) is 2.25. The summed E-state index contributed by atoms with van der Waals surface area (Å²) in [5, 5.41) is 27.5. The lowest BCUT2D eigenvalue weighted by molar-refractivity contribution is -0.385. The van der Waals surface area contributed by atoms with Crippen molar-refractivity contribution >= 4 is 17.7 Å². The highest BCUT2D eigenvalue weighted by Crippen LogP contribution is 2.17. The van der Waals surface area contributed by atoms with Gasteiger partial charge in [0.1, 0.15) is 6.07 Å². The fraction of sp³-hybridized carbons (Fsp3) is 0. The SMILES string of the molecule is N#Cc1ncc(C=CC(=O)O)cc1[N+](=O)[O-]. The van der Waals surface area contributed by atoms with Crippen LogP contribution >= 0.6 is 0 Å². The summed E-state index contributed by atoms with van der Waals surface area (Å²) in [7, 11) is 0. The van der Waals surface area contributed by atoms with Crippen molar-refractivity contribution in [2.45, 2.75) is 0 Å². The van der Waals surface area contributed by atoms with Crippen LogP contribution in [-0.4, -0.2) is 21.0 Å². The Morgan fingerprint density at radius 2 is 2.38 bits per heavy atom. The Labute approximate surface area is 89.4 Å². The summed E-state index contributed by atoms with van der Waals surface area (Å²) >= 11 is 0. The zero-order chi connectivity index (χ0) is 12.1. The Hall–Kier alpha value is -2.75. The largest absolute Gasteiger partial charge is 0.478 e. The average molecular weight is 219 g/mol. The maximum absolute atomic E-state index is 10.5. The number of pyridine rings is 1. The van der Waals surface area contributed by atoms with Gasteiger partial charge >= 0.3 is 11.7 Å². The van der Waals surface area contributed by atoms with Crippen LogP contribution in [0.5, 0.6) is 0 Å². The molecule has 0 aliphatic carbocycles. The van der Waals surface area contributed by atoms with Crippen LogP contribution in [-0.2, 0) is 4.79 Å². The maximum Gasteiger partial charge on any atom is 0.328 e. The second-order valence-corrected chi connectivity index (χ2v) is 2.68. The monoisotopic (exact) mass is 219 g/mol. The molecule has 7 heteroatoms. The number of carboxylic acid groups (broad SMARTS) is 1. The van der Waals surface area contributed by atoms with E-state index in [2.05, 4.69) is 4.98 Å². The minimum absolute atomic E-state index is 0.244.